The van der Waals surface area contributed by atoms with Crippen LogP contribution in [0, 0.1) is 30.1 Å². The topological polar surface area (TPSA) is 117 Å². The highest BCUT2D eigenvalue weighted by atomic mass is 16.1. The molecule has 1 unspecified atom stereocenters. The van der Waals surface area contributed by atoms with Crippen LogP contribution in [0.15, 0.2) is 47.7 Å². The first kappa shape index (κ1) is 21.9. The summed E-state index contributed by atoms with van der Waals surface area (Å²) in [5.74, 6) is 1.24. The largest absolute Gasteiger partial charge is 0.338 e. The van der Waals surface area contributed by atoms with Crippen molar-refractivity contribution in [3.63, 3.8) is 0 Å². The van der Waals surface area contributed by atoms with Crippen LogP contribution in [0.4, 0.5) is 11.5 Å². The van der Waals surface area contributed by atoms with Gasteiger partial charge in [0.15, 0.2) is 5.82 Å². The average molecular weight is 457 g/mol. The minimum absolute atomic E-state index is 0.0252. The summed E-state index contributed by atoms with van der Waals surface area (Å²) in [7, 11) is 0. The molecule has 34 heavy (non-hydrogen) atoms. The second-order valence-corrected chi connectivity index (χ2v) is 9.36. The van der Waals surface area contributed by atoms with E-state index in [1.807, 2.05) is 16.8 Å². The minimum Gasteiger partial charge on any atom is -0.338 e. The number of fused-ring (bicyclic) bond motifs is 1. The summed E-state index contributed by atoms with van der Waals surface area (Å²) < 4.78 is 1.87. The molecule has 0 amide bonds. The molecule has 9 nitrogen and oxygen atoms in total. The van der Waals surface area contributed by atoms with E-state index >= 15 is 0 Å². The zero-order valence-electron chi connectivity index (χ0n) is 19.6. The fraction of sp³-hybridized carbons (Fsp3) is 0.400. The van der Waals surface area contributed by atoms with Crippen molar-refractivity contribution in [2.24, 2.45) is 11.8 Å². The van der Waals surface area contributed by atoms with Gasteiger partial charge in [-0.05, 0) is 60.9 Å². The second kappa shape index (κ2) is 8.78. The maximum Gasteiger partial charge on any atom is 0.261 e. The summed E-state index contributed by atoms with van der Waals surface area (Å²) in [5.41, 5.74) is 3.63. The number of benzene rings is 1. The molecule has 0 bridgehead atoms. The molecule has 1 aliphatic carbocycles. The molecule has 1 aromatic carbocycles. The van der Waals surface area contributed by atoms with Gasteiger partial charge in [0.05, 0.1) is 42.5 Å². The first-order valence-corrected chi connectivity index (χ1v) is 11.7. The summed E-state index contributed by atoms with van der Waals surface area (Å²) in [4.78, 5) is 17.3. The zero-order valence-corrected chi connectivity index (χ0v) is 19.6. The van der Waals surface area contributed by atoms with Crippen LogP contribution < -0.4 is 10.9 Å². The number of anilines is 2. The number of hydrogen-bond donors (Lipinski definition) is 2. The quantitative estimate of drug-likeness (QED) is 0.404. The third-order valence-electron chi connectivity index (χ3n) is 6.58. The number of aryl methyl sites for hydroxylation is 1. The fourth-order valence-corrected chi connectivity index (χ4v) is 4.81. The van der Waals surface area contributed by atoms with Crippen molar-refractivity contribution in [3.8, 4) is 6.07 Å². The zero-order chi connectivity index (χ0) is 23.8. The SMILES string of the molecule is Cc1cc(Nc2nn(C(CC#N)C3CC3)c3cc[nH]c(=O)c23)ccc1[C@H](C(C)C)n1nccn1. The molecular formula is C25H28N8O. The third-order valence-corrected chi connectivity index (χ3v) is 6.58. The summed E-state index contributed by atoms with van der Waals surface area (Å²) in [6.07, 6.45) is 7.57. The Bertz CT molecular complexity index is 1410. The molecule has 0 spiro atoms. The molecule has 0 aliphatic heterocycles. The number of hydrogen-bond acceptors (Lipinski definition) is 6. The van der Waals surface area contributed by atoms with E-state index in [2.05, 4.69) is 59.5 Å². The van der Waals surface area contributed by atoms with Crippen molar-refractivity contribution in [2.75, 3.05) is 5.32 Å². The molecule has 1 saturated carbocycles. The predicted octanol–water partition coefficient (Wildman–Crippen LogP) is 4.48. The predicted molar refractivity (Wildman–Crippen MR) is 130 cm³/mol. The van der Waals surface area contributed by atoms with Crippen LogP contribution >= 0.6 is 0 Å². The van der Waals surface area contributed by atoms with E-state index in [4.69, 9.17) is 5.10 Å². The molecule has 0 radical (unpaired) electrons. The van der Waals surface area contributed by atoms with Crippen molar-refractivity contribution in [3.05, 3.63) is 64.3 Å². The van der Waals surface area contributed by atoms with Crippen LogP contribution in [0.2, 0.25) is 0 Å². The van der Waals surface area contributed by atoms with Crippen molar-refractivity contribution in [2.45, 2.75) is 52.1 Å². The van der Waals surface area contributed by atoms with E-state index in [0.717, 1.165) is 35.2 Å². The lowest BCUT2D eigenvalue weighted by atomic mass is 9.93. The maximum absolute atomic E-state index is 12.8. The van der Waals surface area contributed by atoms with Gasteiger partial charge in [0.2, 0.25) is 0 Å². The van der Waals surface area contributed by atoms with Crippen LogP contribution in [-0.4, -0.2) is 29.8 Å². The van der Waals surface area contributed by atoms with Gasteiger partial charge in [-0.1, -0.05) is 19.9 Å². The van der Waals surface area contributed by atoms with Crippen LogP contribution in [0.3, 0.4) is 0 Å². The van der Waals surface area contributed by atoms with E-state index in [0.29, 0.717) is 29.5 Å². The monoisotopic (exact) mass is 456 g/mol. The van der Waals surface area contributed by atoms with Crippen LogP contribution in [0.5, 0.6) is 0 Å². The van der Waals surface area contributed by atoms with Gasteiger partial charge in [-0.25, -0.2) is 0 Å². The molecule has 2 atom stereocenters. The lowest BCUT2D eigenvalue weighted by molar-refractivity contribution is 0.363. The van der Waals surface area contributed by atoms with Gasteiger partial charge in [0.25, 0.3) is 5.56 Å². The number of aromatic amines is 1. The second-order valence-electron chi connectivity index (χ2n) is 9.36. The van der Waals surface area contributed by atoms with Gasteiger partial charge in [-0.3, -0.25) is 9.48 Å². The van der Waals surface area contributed by atoms with E-state index in [9.17, 15) is 10.1 Å². The first-order valence-electron chi connectivity index (χ1n) is 11.7. The number of nitrogens with zero attached hydrogens (tertiary/aromatic N) is 6. The van der Waals surface area contributed by atoms with Crippen LogP contribution in [0.1, 0.15) is 56.3 Å². The highest BCUT2D eigenvalue weighted by Crippen LogP contribution is 2.43. The van der Waals surface area contributed by atoms with Gasteiger partial charge in [-0.2, -0.15) is 25.4 Å². The molecule has 3 heterocycles. The molecule has 174 valence electrons. The Labute approximate surface area is 197 Å². The van der Waals surface area contributed by atoms with Crippen molar-refractivity contribution < 1.29 is 0 Å². The van der Waals surface area contributed by atoms with Crippen LogP contribution in [0.25, 0.3) is 10.9 Å². The van der Waals surface area contributed by atoms with Gasteiger partial charge in [0.1, 0.15) is 5.39 Å². The molecule has 9 heteroatoms. The summed E-state index contributed by atoms with van der Waals surface area (Å²) >= 11 is 0. The number of H-pyrrole nitrogens is 1. The van der Waals surface area contributed by atoms with Gasteiger partial charge >= 0.3 is 0 Å². The summed E-state index contributed by atoms with van der Waals surface area (Å²) in [6, 6.07) is 10.3. The Morgan fingerprint density at radius 1 is 1.24 bits per heavy atom. The third kappa shape index (κ3) is 3.96. The van der Waals surface area contributed by atoms with Crippen LogP contribution in [-0.2, 0) is 0 Å². The Kier molecular flexibility index (Phi) is 5.65. The minimum atomic E-state index is -0.198. The molecule has 3 aromatic heterocycles. The van der Waals surface area contributed by atoms with E-state index < -0.39 is 0 Å². The number of aromatic nitrogens is 6. The highest BCUT2D eigenvalue weighted by Gasteiger charge is 2.34. The lowest BCUT2D eigenvalue weighted by Gasteiger charge is -2.23. The fourth-order valence-electron chi connectivity index (χ4n) is 4.81. The maximum atomic E-state index is 12.8. The van der Waals surface area contributed by atoms with E-state index in [1.54, 1.807) is 23.4 Å². The Morgan fingerprint density at radius 2 is 2.00 bits per heavy atom. The Hall–Kier alpha value is -3.93. The normalized spacial score (nSPS) is 15.4. The smallest absolute Gasteiger partial charge is 0.261 e. The first-order chi connectivity index (χ1) is 16.5. The van der Waals surface area contributed by atoms with Gasteiger partial charge < -0.3 is 10.3 Å². The molecule has 2 N–H and O–H groups in total. The van der Waals surface area contributed by atoms with Crippen molar-refractivity contribution in [1.29, 1.82) is 5.26 Å². The standard InChI is InChI=1S/C25H28N8O/c1-15(2)23(33-28-12-13-29-33)19-7-6-18(14-16(19)3)30-24-22-21(9-11-27-25(22)34)32(31-24)20(8-10-26)17-4-5-17/h6-7,9,11-15,17,20,23H,4-5,8H2,1-3H3,(H,27,34)(H,30,31)/t20?,23-/m0/s1. The Morgan fingerprint density at radius 3 is 2.65 bits per heavy atom. The number of rotatable bonds is 8. The van der Waals surface area contributed by atoms with Gasteiger partial charge in [0, 0.05) is 11.9 Å². The van der Waals surface area contributed by atoms with Gasteiger partial charge in [-0.15, -0.1) is 0 Å². The summed E-state index contributed by atoms with van der Waals surface area (Å²) in [6.45, 7) is 6.38. The molecule has 4 aromatic rings. The van der Waals surface area contributed by atoms with Crippen molar-refractivity contribution >= 4 is 22.4 Å². The summed E-state index contributed by atoms with van der Waals surface area (Å²) in [5, 5.41) is 26.7. The molecule has 1 aliphatic rings. The average Bonchev–Trinajstić information content (AvgIpc) is 3.38. The highest BCUT2D eigenvalue weighted by molar-refractivity contribution is 5.91. The number of nitriles is 1. The molecule has 1 fully saturated rings. The molecule has 0 saturated heterocycles. The number of pyridine rings is 1. The Balaban J connectivity index is 1.52. The lowest BCUT2D eigenvalue weighted by Crippen LogP contribution is -2.20. The van der Waals surface area contributed by atoms with E-state index in [1.165, 1.54) is 0 Å². The van der Waals surface area contributed by atoms with E-state index in [-0.39, 0.29) is 17.6 Å². The van der Waals surface area contributed by atoms with Crippen molar-refractivity contribution in [1.82, 2.24) is 29.8 Å². The molecule has 5 rings (SSSR count). The number of nitrogens with one attached hydrogen (secondary N) is 2. The molecular weight excluding hydrogens is 428 g/mol.